The number of nitrogens with one attached hydrogen (secondary N) is 1. The summed E-state index contributed by atoms with van der Waals surface area (Å²) in [5.74, 6) is 0. The summed E-state index contributed by atoms with van der Waals surface area (Å²) in [6.07, 6.45) is 8.35. The van der Waals surface area contributed by atoms with Gasteiger partial charge in [0.05, 0.1) is 0 Å². The summed E-state index contributed by atoms with van der Waals surface area (Å²) in [4.78, 5) is 5.36. The molecule has 3 nitrogen and oxygen atoms in total. The van der Waals surface area contributed by atoms with Gasteiger partial charge in [0.1, 0.15) is 0 Å². The Morgan fingerprint density at radius 1 is 1.14 bits per heavy atom. The van der Waals surface area contributed by atoms with Crippen LogP contribution in [0.2, 0.25) is 0 Å². The first-order valence-electron chi connectivity index (χ1n) is 9.21. The molecule has 2 fully saturated rings. The molecule has 3 heteroatoms. The van der Waals surface area contributed by atoms with E-state index >= 15 is 0 Å². The molecule has 1 heterocycles. The Hall–Kier alpha value is -0.120. The summed E-state index contributed by atoms with van der Waals surface area (Å²) in [5, 5.41) is 3.74. The Bertz CT molecular complexity index is 297. The van der Waals surface area contributed by atoms with Gasteiger partial charge in [-0.15, -0.1) is 0 Å². The average Bonchev–Trinajstić information content (AvgIpc) is 2.83. The van der Waals surface area contributed by atoms with Crippen molar-refractivity contribution in [2.75, 3.05) is 39.8 Å². The SMILES string of the molecule is CCC1CN(C)CCCN1CC1(CNC(C)C)CCCC1. The lowest BCUT2D eigenvalue weighted by molar-refractivity contribution is 0.104. The maximum Gasteiger partial charge on any atom is 0.0220 e. The molecular weight excluding hydrogens is 258 g/mol. The fourth-order valence-corrected chi connectivity index (χ4v) is 4.26. The molecule has 1 atom stereocenters. The van der Waals surface area contributed by atoms with Crippen molar-refractivity contribution in [3.8, 4) is 0 Å². The van der Waals surface area contributed by atoms with E-state index in [1.54, 1.807) is 0 Å². The summed E-state index contributed by atoms with van der Waals surface area (Å²) >= 11 is 0. The molecule has 2 aliphatic rings. The van der Waals surface area contributed by atoms with E-state index in [2.05, 4.69) is 42.9 Å². The Morgan fingerprint density at radius 2 is 1.86 bits per heavy atom. The maximum absolute atomic E-state index is 3.74. The second-order valence-electron chi connectivity index (χ2n) is 7.89. The van der Waals surface area contributed by atoms with Gasteiger partial charge in [-0.2, -0.15) is 0 Å². The van der Waals surface area contributed by atoms with E-state index in [1.165, 1.54) is 71.2 Å². The van der Waals surface area contributed by atoms with E-state index < -0.39 is 0 Å². The lowest BCUT2D eigenvalue weighted by Gasteiger charge is -2.39. The largest absolute Gasteiger partial charge is 0.314 e. The molecule has 0 aromatic carbocycles. The zero-order valence-corrected chi connectivity index (χ0v) is 14.8. The minimum Gasteiger partial charge on any atom is -0.314 e. The van der Waals surface area contributed by atoms with Crippen LogP contribution < -0.4 is 5.32 Å². The van der Waals surface area contributed by atoms with Crippen molar-refractivity contribution in [2.24, 2.45) is 5.41 Å². The predicted molar refractivity (Wildman–Crippen MR) is 91.8 cm³/mol. The molecule has 1 aliphatic carbocycles. The second-order valence-corrected chi connectivity index (χ2v) is 7.89. The van der Waals surface area contributed by atoms with Gasteiger partial charge < -0.3 is 10.2 Å². The minimum absolute atomic E-state index is 0.542. The van der Waals surface area contributed by atoms with E-state index in [-0.39, 0.29) is 0 Å². The lowest BCUT2D eigenvalue weighted by atomic mass is 9.84. The van der Waals surface area contributed by atoms with E-state index in [0.29, 0.717) is 11.5 Å². The normalized spacial score (nSPS) is 28.1. The zero-order chi connectivity index (χ0) is 15.3. The molecule has 1 aliphatic heterocycles. The van der Waals surface area contributed by atoms with E-state index in [9.17, 15) is 0 Å². The van der Waals surface area contributed by atoms with Gasteiger partial charge in [0.2, 0.25) is 0 Å². The van der Waals surface area contributed by atoms with Crippen molar-refractivity contribution < 1.29 is 0 Å². The molecule has 124 valence electrons. The predicted octanol–water partition coefficient (Wildman–Crippen LogP) is 2.96. The van der Waals surface area contributed by atoms with E-state index in [4.69, 9.17) is 0 Å². The first kappa shape index (κ1) is 17.2. The number of likely N-dealkylation sites (N-methyl/N-ethyl adjacent to an activating group) is 1. The summed E-state index contributed by atoms with van der Waals surface area (Å²) in [7, 11) is 2.29. The van der Waals surface area contributed by atoms with Gasteiger partial charge in [0.15, 0.2) is 0 Å². The quantitative estimate of drug-likeness (QED) is 0.813. The summed E-state index contributed by atoms with van der Waals surface area (Å²) in [6.45, 7) is 13.3. The Kier molecular flexibility index (Phi) is 6.51. The highest BCUT2D eigenvalue weighted by atomic mass is 15.2. The number of hydrogen-bond acceptors (Lipinski definition) is 3. The molecule has 21 heavy (non-hydrogen) atoms. The summed E-state index contributed by atoms with van der Waals surface area (Å²) < 4.78 is 0. The molecule has 1 saturated heterocycles. The van der Waals surface area contributed by atoms with Crippen molar-refractivity contribution in [2.45, 2.75) is 71.4 Å². The van der Waals surface area contributed by atoms with Crippen LogP contribution >= 0.6 is 0 Å². The van der Waals surface area contributed by atoms with Crippen LogP contribution in [0.15, 0.2) is 0 Å². The van der Waals surface area contributed by atoms with Crippen LogP contribution in [0, 0.1) is 5.41 Å². The fourth-order valence-electron chi connectivity index (χ4n) is 4.26. The van der Waals surface area contributed by atoms with Crippen LogP contribution in [0.4, 0.5) is 0 Å². The van der Waals surface area contributed by atoms with Gasteiger partial charge >= 0.3 is 0 Å². The van der Waals surface area contributed by atoms with Crippen LogP contribution in [0.5, 0.6) is 0 Å². The van der Waals surface area contributed by atoms with Crippen molar-refractivity contribution in [3.05, 3.63) is 0 Å². The Morgan fingerprint density at radius 3 is 2.48 bits per heavy atom. The molecular formula is C18H37N3. The number of hydrogen-bond donors (Lipinski definition) is 1. The summed E-state index contributed by atoms with van der Waals surface area (Å²) in [6, 6.07) is 1.37. The maximum atomic E-state index is 3.74. The van der Waals surface area contributed by atoms with Gasteiger partial charge in [0.25, 0.3) is 0 Å². The molecule has 2 rings (SSSR count). The van der Waals surface area contributed by atoms with E-state index in [1.807, 2.05) is 0 Å². The van der Waals surface area contributed by atoms with Gasteiger partial charge in [-0.25, -0.2) is 0 Å². The van der Waals surface area contributed by atoms with Gasteiger partial charge in [-0.1, -0.05) is 33.6 Å². The standard InChI is InChI=1S/C18H37N3/c1-5-17-13-20(4)11-8-12-21(17)15-18(9-6-7-10-18)14-19-16(2)3/h16-17,19H,5-15H2,1-4H3. The smallest absolute Gasteiger partial charge is 0.0220 e. The summed E-state index contributed by atoms with van der Waals surface area (Å²) in [5.41, 5.74) is 0.542. The van der Waals surface area contributed by atoms with Crippen LogP contribution in [0.3, 0.4) is 0 Å². The molecule has 0 bridgehead atoms. The van der Waals surface area contributed by atoms with Crippen molar-refractivity contribution in [1.29, 1.82) is 0 Å². The third kappa shape index (κ3) is 4.94. The molecule has 0 aromatic heterocycles. The molecule has 1 N–H and O–H groups in total. The molecule has 1 unspecified atom stereocenters. The highest BCUT2D eigenvalue weighted by molar-refractivity contribution is 4.92. The number of nitrogens with zero attached hydrogens (tertiary/aromatic N) is 2. The van der Waals surface area contributed by atoms with Gasteiger partial charge in [-0.05, 0) is 51.2 Å². The second kappa shape index (κ2) is 7.94. The van der Waals surface area contributed by atoms with Crippen molar-refractivity contribution >= 4 is 0 Å². The van der Waals surface area contributed by atoms with Crippen LogP contribution in [-0.2, 0) is 0 Å². The molecule has 0 spiro atoms. The average molecular weight is 296 g/mol. The fraction of sp³-hybridized carbons (Fsp3) is 1.00. The highest BCUT2D eigenvalue weighted by Gasteiger charge is 2.37. The molecule has 0 aromatic rings. The van der Waals surface area contributed by atoms with Crippen LogP contribution in [-0.4, -0.2) is 61.7 Å². The Balaban J connectivity index is 2.00. The third-order valence-electron chi connectivity index (χ3n) is 5.58. The highest BCUT2D eigenvalue weighted by Crippen LogP contribution is 2.39. The van der Waals surface area contributed by atoms with Crippen LogP contribution in [0.1, 0.15) is 59.3 Å². The monoisotopic (exact) mass is 295 g/mol. The Labute approximate surface area is 132 Å². The minimum atomic E-state index is 0.542. The number of rotatable bonds is 6. The van der Waals surface area contributed by atoms with E-state index in [0.717, 1.165) is 6.04 Å². The zero-order valence-electron chi connectivity index (χ0n) is 14.8. The third-order valence-corrected chi connectivity index (χ3v) is 5.58. The van der Waals surface area contributed by atoms with Gasteiger partial charge in [-0.3, -0.25) is 4.90 Å². The first-order chi connectivity index (χ1) is 10.0. The first-order valence-corrected chi connectivity index (χ1v) is 9.21. The topological polar surface area (TPSA) is 18.5 Å². The lowest BCUT2D eigenvalue weighted by Crippen LogP contribution is -2.49. The molecule has 0 amide bonds. The molecule has 0 radical (unpaired) electrons. The molecule has 1 saturated carbocycles. The van der Waals surface area contributed by atoms with Crippen molar-refractivity contribution in [3.63, 3.8) is 0 Å². The van der Waals surface area contributed by atoms with Crippen molar-refractivity contribution in [1.82, 2.24) is 15.1 Å². The van der Waals surface area contributed by atoms with Crippen LogP contribution in [0.25, 0.3) is 0 Å². The van der Waals surface area contributed by atoms with Gasteiger partial charge in [0, 0.05) is 31.7 Å².